The predicted octanol–water partition coefficient (Wildman–Crippen LogP) is 5.24. The molecule has 1 atom stereocenters. The molecule has 0 radical (unpaired) electrons. The first kappa shape index (κ1) is 13.5. The lowest BCUT2D eigenvalue weighted by molar-refractivity contribution is 0.415. The van der Waals surface area contributed by atoms with Crippen LogP contribution in [0.1, 0.15) is 18.5 Å². The lowest BCUT2D eigenvalue weighted by Gasteiger charge is -2.15. The van der Waals surface area contributed by atoms with E-state index in [0.29, 0.717) is 10.8 Å². The normalized spacial score (nSPS) is 12.2. The van der Waals surface area contributed by atoms with Crippen molar-refractivity contribution in [3.05, 3.63) is 44.6 Å². The lowest BCUT2D eigenvalue weighted by atomic mass is 10.1. The molecule has 5 heteroatoms. The quantitative estimate of drug-likeness (QED) is 0.834. The fourth-order valence-electron chi connectivity index (χ4n) is 1.63. The van der Waals surface area contributed by atoms with Crippen LogP contribution in [0.15, 0.2) is 29.6 Å². The fourth-order valence-corrected chi connectivity index (χ4v) is 2.81. The van der Waals surface area contributed by atoms with E-state index in [1.54, 1.807) is 7.11 Å². The number of thiophene rings is 1. The Labute approximate surface area is 120 Å². The zero-order chi connectivity index (χ0) is 13.1. The first-order valence-corrected chi connectivity index (χ1v) is 7.07. The van der Waals surface area contributed by atoms with Crippen LogP contribution < -0.4 is 10.1 Å². The van der Waals surface area contributed by atoms with Crippen LogP contribution in [0.4, 0.5) is 5.69 Å². The van der Waals surface area contributed by atoms with Crippen LogP contribution in [-0.4, -0.2) is 7.11 Å². The second kappa shape index (κ2) is 5.83. The number of anilines is 1. The van der Waals surface area contributed by atoms with E-state index < -0.39 is 0 Å². The fraction of sp³-hybridized carbons (Fsp3) is 0.231. The SMILES string of the molecule is COc1cc(NC(C)c2csc(Cl)c2)ccc1Cl. The van der Waals surface area contributed by atoms with E-state index in [-0.39, 0.29) is 6.04 Å². The molecule has 0 amide bonds. The summed E-state index contributed by atoms with van der Waals surface area (Å²) in [6.07, 6.45) is 0. The molecule has 0 saturated carbocycles. The van der Waals surface area contributed by atoms with E-state index in [1.807, 2.05) is 29.6 Å². The third kappa shape index (κ3) is 3.10. The Bertz CT molecular complexity index is 542. The zero-order valence-electron chi connectivity index (χ0n) is 10.0. The second-order valence-electron chi connectivity index (χ2n) is 3.90. The second-order valence-corrected chi connectivity index (χ2v) is 5.85. The summed E-state index contributed by atoms with van der Waals surface area (Å²) < 4.78 is 5.98. The number of hydrogen-bond donors (Lipinski definition) is 1. The predicted molar refractivity (Wildman–Crippen MR) is 79.4 cm³/mol. The summed E-state index contributed by atoms with van der Waals surface area (Å²) in [4.78, 5) is 0. The van der Waals surface area contributed by atoms with Crippen molar-refractivity contribution >= 4 is 40.2 Å². The number of ether oxygens (including phenoxy) is 1. The number of rotatable bonds is 4. The van der Waals surface area contributed by atoms with Crippen LogP contribution >= 0.6 is 34.5 Å². The molecule has 0 aliphatic rings. The van der Waals surface area contributed by atoms with Crippen molar-refractivity contribution in [2.45, 2.75) is 13.0 Å². The molecular formula is C13H13Cl2NOS. The molecular weight excluding hydrogens is 289 g/mol. The summed E-state index contributed by atoms with van der Waals surface area (Å²) >= 11 is 13.4. The van der Waals surface area contributed by atoms with Crippen LogP contribution in [0.2, 0.25) is 9.36 Å². The number of benzene rings is 1. The van der Waals surface area contributed by atoms with E-state index in [0.717, 1.165) is 10.0 Å². The molecule has 0 spiro atoms. The van der Waals surface area contributed by atoms with Crippen molar-refractivity contribution in [3.8, 4) is 5.75 Å². The van der Waals surface area contributed by atoms with Gasteiger partial charge in [0.15, 0.2) is 0 Å². The van der Waals surface area contributed by atoms with Crippen molar-refractivity contribution in [2.75, 3.05) is 12.4 Å². The summed E-state index contributed by atoms with van der Waals surface area (Å²) in [5.41, 5.74) is 2.13. The Morgan fingerprint density at radius 2 is 2.06 bits per heavy atom. The summed E-state index contributed by atoms with van der Waals surface area (Å²) in [6.45, 7) is 2.08. The maximum Gasteiger partial charge on any atom is 0.139 e. The van der Waals surface area contributed by atoms with Crippen LogP contribution in [0, 0.1) is 0 Å². The summed E-state index contributed by atoms with van der Waals surface area (Å²) in [5.74, 6) is 0.664. The average Bonchev–Trinajstić information content (AvgIpc) is 2.78. The van der Waals surface area contributed by atoms with Gasteiger partial charge < -0.3 is 10.1 Å². The molecule has 0 aliphatic heterocycles. The van der Waals surface area contributed by atoms with Crippen LogP contribution in [-0.2, 0) is 0 Å². The van der Waals surface area contributed by atoms with Gasteiger partial charge in [0.05, 0.1) is 16.5 Å². The lowest BCUT2D eigenvalue weighted by Crippen LogP contribution is -2.05. The Hall–Kier alpha value is -0.900. The van der Waals surface area contributed by atoms with Gasteiger partial charge in [-0.05, 0) is 36.1 Å². The Balaban J connectivity index is 2.14. The summed E-state index contributed by atoms with van der Waals surface area (Å²) in [5, 5.41) is 6.04. The topological polar surface area (TPSA) is 21.3 Å². The van der Waals surface area contributed by atoms with E-state index in [9.17, 15) is 0 Å². The van der Waals surface area contributed by atoms with Gasteiger partial charge in [-0.1, -0.05) is 23.2 Å². The van der Waals surface area contributed by atoms with Gasteiger partial charge in [0.1, 0.15) is 5.75 Å². The Morgan fingerprint density at radius 1 is 1.28 bits per heavy atom. The van der Waals surface area contributed by atoms with E-state index in [4.69, 9.17) is 27.9 Å². The molecule has 2 nitrogen and oxygen atoms in total. The molecule has 1 heterocycles. The first-order valence-electron chi connectivity index (χ1n) is 5.44. The van der Waals surface area contributed by atoms with Gasteiger partial charge in [0, 0.05) is 17.8 Å². The third-order valence-electron chi connectivity index (χ3n) is 2.62. The molecule has 2 aromatic rings. The van der Waals surface area contributed by atoms with E-state index >= 15 is 0 Å². The van der Waals surface area contributed by atoms with Crippen LogP contribution in [0.3, 0.4) is 0 Å². The average molecular weight is 302 g/mol. The molecule has 1 aromatic carbocycles. The van der Waals surface area contributed by atoms with Crippen molar-refractivity contribution in [1.29, 1.82) is 0 Å². The maximum atomic E-state index is 5.98. The maximum absolute atomic E-state index is 5.98. The molecule has 2 rings (SSSR count). The van der Waals surface area contributed by atoms with Gasteiger partial charge in [-0.15, -0.1) is 11.3 Å². The highest BCUT2D eigenvalue weighted by atomic mass is 35.5. The zero-order valence-corrected chi connectivity index (χ0v) is 12.4. The molecule has 0 aliphatic carbocycles. The minimum atomic E-state index is 0.180. The van der Waals surface area contributed by atoms with E-state index in [2.05, 4.69) is 12.2 Å². The Kier molecular flexibility index (Phi) is 4.38. The molecule has 1 unspecified atom stereocenters. The van der Waals surface area contributed by atoms with Crippen LogP contribution in [0.25, 0.3) is 0 Å². The molecule has 1 N–H and O–H groups in total. The largest absolute Gasteiger partial charge is 0.495 e. The van der Waals surface area contributed by atoms with Gasteiger partial charge >= 0.3 is 0 Å². The van der Waals surface area contributed by atoms with Crippen molar-refractivity contribution in [3.63, 3.8) is 0 Å². The minimum absolute atomic E-state index is 0.180. The standard InChI is InChI=1S/C13H13Cl2NOS/c1-8(9-5-13(15)18-7-9)16-10-3-4-11(14)12(6-10)17-2/h3-8,16H,1-2H3. The summed E-state index contributed by atoms with van der Waals surface area (Å²) in [6, 6.07) is 7.77. The highest BCUT2D eigenvalue weighted by molar-refractivity contribution is 7.14. The number of methoxy groups -OCH3 is 1. The highest BCUT2D eigenvalue weighted by Gasteiger charge is 2.09. The Morgan fingerprint density at radius 3 is 2.67 bits per heavy atom. The number of halogens is 2. The van der Waals surface area contributed by atoms with Crippen molar-refractivity contribution < 1.29 is 4.74 Å². The van der Waals surface area contributed by atoms with Gasteiger partial charge in [0.25, 0.3) is 0 Å². The first-order chi connectivity index (χ1) is 8.60. The monoisotopic (exact) mass is 301 g/mol. The molecule has 1 aromatic heterocycles. The van der Waals surface area contributed by atoms with Crippen molar-refractivity contribution in [1.82, 2.24) is 0 Å². The smallest absolute Gasteiger partial charge is 0.139 e. The van der Waals surface area contributed by atoms with Gasteiger partial charge in [0.2, 0.25) is 0 Å². The molecule has 18 heavy (non-hydrogen) atoms. The van der Waals surface area contributed by atoms with Gasteiger partial charge in [-0.2, -0.15) is 0 Å². The molecule has 0 saturated heterocycles. The number of hydrogen-bond acceptors (Lipinski definition) is 3. The van der Waals surface area contributed by atoms with Gasteiger partial charge in [-0.25, -0.2) is 0 Å². The number of nitrogens with one attached hydrogen (secondary N) is 1. The minimum Gasteiger partial charge on any atom is -0.495 e. The van der Waals surface area contributed by atoms with Gasteiger partial charge in [-0.3, -0.25) is 0 Å². The highest BCUT2D eigenvalue weighted by Crippen LogP contribution is 2.31. The van der Waals surface area contributed by atoms with Crippen molar-refractivity contribution in [2.24, 2.45) is 0 Å². The summed E-state index contributed by atoms with van der Waals surface area (Å²) in [7, 11) is 1.60. The van der Waals surface area contributed by atoms with Crippen LogP contribution in [0.5, 0.6) is 5.75 Å². The molecule has 0 bridgehead atoms. The van der Waals surface area contributed by atoms with E-state index in [1.165, 1.54) is 16.9 Å². The molecule has 0 fully saturated rings. The molecule has 96 valence electrons. The third-order valence-corrected chi connectivity index (χ3v) is 4.04.